The predicted molar refractivity (Wildman–Crippen MR) is 75.2 cm³/mol. The third-order valence-electron chi connectivity index (χ3n) is 2.75. The molecule has 2 aromatic rings. The molecule has 0 unspecified atom stereocenters. The molecule has 0 amide bonds. The van der Waals surface area contributed by atoms with Gasteiger partial charge < -0.3 is 19.7 Å². The third-order valence-corrected chi connectivity index (χ3v) is 3.04. The molecule has 20 heavy (non-hydrogen) atoms. The number of hydrogen-bond acceptors (Lipinski definition) is 6. The minimum absolute atomic E-state index is 0.426. The van der Waals surface area contributed by atoms with Gasteiger partial charge in [0.1, 0.15) is 0 Å². The van der Waals surface area contributed by atoms with Gasteiger partial charge in [0.15, 0.2) is 11.5 Å². The molecule has 0 saturated heterocycles. The van der Waals surface area contributed by atoms with Gasteiger partial charge in [0.25, 0.3) is 0 Å². The normalized spacial score (nSPS) is 10.6. The largest absolute Gasteiger partial charge is 0.493 e. The van der Waals surface area contributed by atoms with Crippen LogP contribution in [-0.4, -0.2) is 30.9 Å². The Morgan fingerprint density at radius 1 is 1.30 bits per heavy atom. The lowest BCUT2D eigenvalue weighted by Gasteiger charge is -2.10. The van der Waals surface area contributed by atoms with Crippen LogP contribution in [0, 0.1) is 0 Å². The van der Waals surface area contributed by atoms with Crippen molar-refractivity contribution in [2.24, 2.45) is 5.73 Å². The second kappa shape index (κ2) is 6.58. The van der Waals surface area contributed by atoms with Crippen molar-refractivity contribution in [3.63, 3.8) is 0 Å². The molecule has 1 heterocycles. The van der Waals surface area contributed by atoms with Crippen molar-refractivity contribution < 1.29 is 14.0 Å². The molecule has 0 aliphatic rings. The Kier molecular flexibility index (Phi) is 4.81. The topological polar surface area (TPSA) is 83.4 Å². The first-order valence-electron chi connectivity index (χ1n) is 6.14. The Hall–Kier alpha value is -1.79. The first kappa shape index (κ1) is 14.6. The van der Waals surface area contributed by atoms with Crippen LogP contribution in [0.25, 0.3) is 11.4 Å². The minimum Gasteiger partial charge on any atom is -0.493 e. The number of methoxy groups -OCH3 is 2. The van der Waals surface area contributed by atoms with Crippen molar-refractivity contribution in [2.45, 2.75) is 12.8 Å². The van der Waals surface area contributed by atoms with E-state index in [0.29, 0.717) is 46.8 Å². The van der Waals surface area contributed by atoms with E-state index in [0.717, 1.165) is 6.42 Å². The summed E-state index contributed by atoms with van der Waals surface area (Å²) >= 11 is 6.15. The highest BCUT2D eigenvalue weighted by Gasteiger charge is 2.15. The minimum atomic E-state index is 0.426. The zero-order valence-electron chi connectivity index (χ0n) is 11.4. The Balaban J connectivity index is 2.32. The van der Waals surface area contributed by atoms with Crippen LogP contribution in [0.5, 0.6) is 11.5 Å². The molecule has 7 heteroatoms. The molecule has 1 aromatic carbocycles. The lowest BCUT2D eigenvalue weighted by Crippen LogP contribution is -2.00. The van der Waals surface area contributed by atoms with E-state index in [2.05, 4.69) is 10.1 Å². The van der Waals surface area contributed by atoms with Crippen molar-refractivity contribution in [1.29, 1.82) is 0 Å². The zero-order valence-corrected chi connectivity index (χ0v) is 12.1. The number of benzene rings is 1. The molecule has 0 aliphatic carbocycles. The SMILES string of the molecule is COc1cc(-c2noc(CCCN)n2)cc(Cl)c1OC. The maximum atomic E-state index is 6.15. The molecule has 2 N–H and O–H groups in total. The van der Waals surface area contributed by atoms with Gasteiger partial charge in [-0.15, -0.1) is 0 Å². The van der Waals surface area contributed by atoms with Gasteiger partial charge in [-0.2, -0.15) is 4.98 Å². The van der Waals surface area contributed by atoms with E-state index < -0.39 is 0 Å². The Labute approximate surface area is 121 Å². The average molecular weight is 298 g/mol. The molecular weight excluding hydrogens is 282 g/mol. The quantitative estimate of drug-likeness (QED) is 0.881. The molecular formula is C13H16ClN3O3. The summed E-state index contributed by atoms with van der Waals surface area (Å²) in [5.41, 5.74) is 6.15. The monoisotopic (exact) mass is 297 g/mol. The molecule has 6 nitrogen and oxygen atoms in total. The summed E-state index contributed by atoms with van der Waals surface area (Å²) in [6.07, 6.45) is 1.46. The summed E-state index contributed by atoms with van der Waals surface area (Å²) in [5, 5.41) is 4.36. The van der Waals surface area contributed by atoms with E-state index in [1.807, 2.05) is 0 Å². The molecule has 1 aromatic heterocycles. The fourth-order valence-corrected chi connectivity index (χ4v) is 2.06. The van der Waals surface area contributed by atoms with E-state index in [1.165, 1.54) is 7.11 Å². The lowest BCUT2D eigenvalue weighted by atomic mass is 10.2. The van der Waals surface area contributed by atoms with Crippen LogP contribution in [0.2, 0.25) is 5.02 Å². The average Bonchev–Trinajstić information content (AvgIpc) is 2.93. The molecule has 0 spiro atoms. The number of nitrogens with zero attached hydrogens (tertiary/aromatic N) is 2. The van der Waals surface area contributed by atoms with Gasteiger partial charge in [-0.1, -0.05) is 16.8 Å². The van der Waals surface area contributed by atoms with E-state index in [4.69, 9.17) is 31.3 Å². The number of hydrogen-bond donors (Lipinski definition) is 1. The fourth-order valence-electron chi connectivity index (χ4n) is 1.77. The number of rotatable bonds is 6. The maximum absolute atomic E-state index is 6.15. The van der Waals surface area contributed by atoms with Gasteiger partial charge in [0, 0.05) is 12.0 Å². The van der Waals surface area contributed by atoms with E-state index in [9.17, 15) is 0 Å². The van der Waals surface area contributed by atoms with E-state index in [-0.39, 0.29) is 0 Å². The first-order valence-corrected chi connectivity index (χ1v) is 6.52. The van der Waals surface area contributed by atoms with E-state index in [1.54, 1.807) is 19.2 Å². The Morgan fingerprint density at radius 3 is 2.75 bits per heavy atom. The first-order chi connectivity index (χ1) is 9.69. The highest BCUT2D eigenvalue weighted by atomic mass is 35.5. The van der Waals surface area contributed by atoms with Crippen molar-refractivity contribution in [3.05, 3.63) is 23.0 Å². The van der Waals surface area contributed by atoms with Crippen LogP contribution in [0.15, 0.2) is 16.7 Å². The van der Waals surface area contributed by atoms with Gasteiger partial charge in [-0.25, -0.2) is 0 Å². The lowest BCUT2D eigenvalue weighted by molar-refractivity contribution is 0.355. The number of aryl methyl sites for hydroxylation is 1. The molecule has 0 aliphatic heterocycles. The molecule has 108 valence electrons. The number of aromatic nitrogens is 2. The fraction of sp³-hybridized carbons (Fsp3) is 0.385. The summed E-state index contributed by atoms with van der Waals surface area (Å²) in [5.74, 6) is 2.00. The molecule has 0 bridgehead atoms. The highest BCUT2D eigenvalue weighted by molar-refractivity contribution is 6.32. The van der Waals surface area contributed by atoms with Crippen molar-refractivity contribution in [2.75, 3.05) is 20.8 Å². The second-order valence-electron chi connectivity index (χ2n) is 4.10. The summed E-state index contributed by atoms with van der Waals surface area (Å²) < 4.78 is 15.6. The van der Waals surface area contributed by atoms with Crippen LogP contribution in [-0.2, 0) is 6.42 Å². The van der Waals surface area contributed by atoms with Crippen LogP contribution in [0.3, 0.4) is 0 Å². The van der Waals surface area contributed by atoms with Crippen LogP contribution < -0.4 is 15.2 Å². The van der Waals surface area contributed by atoms with Gasteiger partial charge in [-0.3, -0.25) is 0 Å². The van der Waals surface area contributed by atoms with Gasteiger partial charge in [-0.05, 0) is 25.1 Å². The molecule has 2 rings (SSSR count). The van der Waals surface area contributed by atoms with Crippen LogP contribution in [0.4, 0.5) is 0 Å². The maximum Gasteiger partial charge on any atom is 0.227 e. The standard InChI is InChI=1S/C13H16ClN3O3/c1-18-10-7-8(6-9(14)12(10)19-2)13-16-11(20-17-13)4-3-5-15/h6-7H,3-5,15H2,1-2H3. The van der Waals surface area contributed by atoms with Gasteiger partial charge in [0.05, 0.1) is 19.2 Å². The van der Waals surface area contributed by atoms with E-state index >= 15 is 0 Å². The summed E-state index contributed by atoms with van der Waals surface area (Å²) in [6.45, 7) is 0.583. The Morgan fingerprint density at radius 2 is 2.10 bits per heavy atom. The molecule has 0 saturated carbocycles. The van der Waals surface area contributed by atoms with Crippen LogP contribution in [0.1, 0.15) is 12.3 Å². The van der Waals surface area contributed by atoms with Crippen molar-refractivity contribution in [1.82, 2.24) is 10.1 Å². The number of ether oxygens (including phenoxy) is 2. The molecule has 0 fully saturated rings. The van der Waals surface area contributed by atoms with Crippen molar-refractivity contribution in [3.8, 4) is 22.9 Å². The van der Waals surface area contributed by atoms with Gasteiger partial charge in [0.2, 0.25) is 11.7 Å². The number of nitrogens with two attached hydrogens (primary N) is 1. The summed E-state index contributed by atoms with van der Waals surface area (Å²) in [4.78, 5) is 4.30. The Bertz CT molecular complexity index is 586. The van der Waals surface area contributed by atoms with Crippen LogP contribution >= 0.6 is 11.6 Å². The third kappa shape index (κ3) is 3.02. The zero-order chi connectivity index (χ0) is 14.5. The second-order valence-corrected chi connectivity index (χ2v) is 4.50. The molecule has 0 atom stereocenters. The molecule has 0 radical (unpaired) electrons. The highest BCUT2D eigenvalue weighted by Crippen LogP contribution is 2.38. The predicted octanol–water partition coefficient (Wildman–Crippen LogP) is 2.30. The summed E-state index contributed by atoms with van der Waals surface area (Å²) in [6, 6.07) is 3.46. The van der Waals surface area contributed by atoms with Gasteiger partial charge >= 0.3 is 0 Å². The number of halogens is 1. The summed E-state index contributed by atoms with van der Waals surface area (Å²) in [7, 11) is 3.07. The smallest absolute Gasteiger partial charge is 0.227 e. The van der Waals surface area contributed by atoms with Crippen molar-refractivity contribution >= 4 is 11.6 Å².